The molecule has 31 heavy (non-hydrogen) atoms. The largest absolute Gasteiger partial charge is 0.366 e. The molecule has 0 bridgehead atoms. The van der Waals surface area contributed by atoms with Crippen molar-refractivity contribution in [3.8, 4) is 11.1 Å². The maximum atomic E-state index is 12.8. The molecular formula is C25H22N4O2. The van der Waals surface area contributed by atoms with Gasteiger partial charge in [-0.05, 0) is 35.3 Å². The van der Waals surface area contributed by atoms with Crippen LogP contribution >= 0.6 is 0 Å². The van der Waals surface area contributed by atoms with Crippen molar-refractivity contribution in [3.05, 3.63) is 89.5 Å². The van der Waals surface area contributed by atoms with Gasteiger partial charge in [0, 0.05) is 46.7 Å². The Labute approximate surface area is 179 Å². The fourth-order valence-electron chi connectivity index (χ4n) is 3.33. The summed E-state index contributed by atoms with van der Waals surface area (Å²) in [5, 5.41) is 0.879. The Morgan fingerprint density at radius 2 is 1.77 bits per heavy atom. The number of pyridine rings is 2. The normalized spacial score (nSPS) is 11.5. The van der Waals surface area contributed by atoms with Crippen molar-refractivity contribution in [1.82, 2.24) is 15.0 Å². The average Bonchev–Trinajstić information content (AvgIpc) is 3.19. The van der Waals surface area contributed by atoms with Crippen LogP contribution in [-0.4, -0.2) is 26.6 Å². The topological polar surface area (TPSA) is 102 Å². The highest BCUT2D eigenvalue weighted by Gasteiger charge is 2.12. The summed E-state index contributed by atoms with van der Waals surface area (Å²) in [7, 11) is 0. The Hall–Kier alpha value is -4.06. The fraction of sp³-hybridized carbons (Fsp3) is 0.120. The first-order chi connectivity index (χ1) is 14.9. The van der Waals surface area contributed by atoms with Gasteiger partial charge in [-0.25, -0.2) is 4.98 Å². The van der Waals surface area contributed by atoms with Crippen LogP contribution in [0.4, 0.5) is 0 Å². The number of H-pyrrole nitrogens is 1. The van der Waals surface area contributed by atoms with Crippen LogP contribution in [0.5, 0.6) is 0 Å². The molecule has 0 aliphatic carbocycles. The zero-order valence-corrected chi connectivity index (χ0v) is 17.3. The molecule has 0 spiro atoms. The number of fused-ring (bicyclic) bond motifs is 1. The second-order valence-electron chi connectivity index (χ2n) is 7.64. The van der Waals surface area contributed by atoms with Crippen LogP contribution in [0.25, 0.3) is 28.2 Å². The van der Waals surface area contributed by atoms with Gasteiger partial charge in [-0.2, -0.15) is 0 Å². The predicted octanol–water partition coefficient (Wildman–Crippen LogP) is 4.48. The van der Waals surface area contributed by atoms with E-state index in [4.69, 9.17) is 5.73 Å². The summed E-state index contributed by atoms with van der Waals surface area (Å²) in [6.07, 6.45) is 8.28. The zero-order valence-electron chi connectivity index (χ0n) is 17.3. The number of carbonyl (C=O) groups is 2. The minimum atomic E-state index is -0.507. The number of nitrogens with zero attached hydrogens (tertiary/aromatic N) is 2. The molecule has 6 heteroatoms. The molecule has 0 aliphatic rings. The lowest BCUT2D eigenvalue weighted by atomic mass is 10.0. The molecule has 154 valence electrons. The fourth-order valence-corrected chi connectivity index (χ4v) is 3.33. The number of rotatable bonds is 6. The number of nitrogens with two attached hydrogens (primary N) is 1. The highest BCUT2D eigenvalue weighted by Crippen LogP contribution is 2.26. The molecule has 0 atom stereocenters. The van der Waals surface area contributed by atoms with Crippen LogP contribution in [0.2, 0.25) is 0 Å². The molecule has 3 N–H and O–H groups in total. The third-order valence-corrected chi connectivity index (χ3v) is 5.16. The summed E-state index contributed by atoms with van der Waals surface area (Å²) in [4.78, 5) is 35.6. The van der Waals surface area contributed by atoms with Gasteiger partial charge in [0.15, 0.2) is 0 Å². The summed E-state index contributed by atoms with van der Waals surface area (Å²) in [6, 6.07) is 13.1. The first-order valence-electron chi connectivity index (χ1n) is 9.98. The molecule has 4 aromatic rings. The lowest BCUT2D eigenvalue weighted by molar-refractivity contribution is -0.113. The van der Waals surface area contributed by atoms with E-state index in [2.05, 4.69) is 28.8 Å². The number of benzene rings is 1. The van der Waals surface area contributed by atoms with Gasteiger partial charge < -0.3 is 10.7 Å². The van der Waals surface area contributed by atoms with Crippen molar-refractivity contribution < 1.29 is 9.59 Å². The summed E-state index contributed by atoms with van der Waals surface area (Å²) in [5.74, 6) is -0.249. The number of aromatic amines is 1. The van der Waals surface area contributed by atoms with Gasteiger partial charge >= 0.3 is 0 Å². The number of ketones is 1. The van der Waals surface area contributed by atoms with Crippen molar-refractivity contribution in [2.45, 2.75) is 19.8 Å². The molecule has 6 nitrogen and oxygen atoms in total. The first-order valence-corrected chi connectivity index (χ1v) is 9.98. The van der Waals surface area contributed by atoms with E-state index in [9.17, 15) is 9.59 Å². The second-order valence-corrected chi connectivity index (χ2v) is 7.64. The van der Waals surface area contributed by atoms with E-state index in [1.165, 1.54) is 6.08 Å². The SMILES string of the molecule is CC(C)c1ccc(C(=O)c2ccc(-c3cnc4[nH]cc(C=CC(N)=O)c4c3)cc2)nc1. The lowest BCUT2D eigenvalue weighted by Crippen LogP contribution is -2.05. The molecule has 3 aromatic heterocycles. The number of carbonyl (C=O) groups excluding carboxylic acids is 2. The monoisotopic (exact) mass is 410 g/mol. The molecule has 3 heterocycles. The first kappa shape index (κ1) is 20.2. The molecular weight excluding hydrogens is 388 g/mol. The number of aromatic nitrogens is 3. The second kappa shape index (κ2) is 8.36. The van der Waals surface area contributed by atoms with Crippen LogP contribution in [0.1, 0.15) is 46.9 Å². The Balaban J connectivity index is 1.60. The van der Waals surface area contributed by atoms with Gasteiger partial charge in [-0.1, -0.05) is 44.2 Å². The van der Waals surface area contributed by atoms with Gasteiger partial charge in [0.05, 0.1) is 0 Å². The number of hydrogen-bond donors (Lipinski definition) is 2. The minimum absolute atomic E-state index is 0.111. The third-order valence-electron chi connectivity index (χ3n) is 5.16. The molecule has 0 radical (unpaired) electrons. The Morgan fingerprint density at radius 1 is 1.00 bits per heavy atom. The summed E-state index contributed by atoms with van der Waals surface area (Å²) < 4.78 is 0. The number of amides is 1. The molecule has 1 aromatic carbocycles. The Morgan fingerprint density at radius 3 is 2.42 bits per heavy atom. The number of nitrogens with one attached hydrogen (secondary N) is 1. The van der Waals surface area contributed by atoms with Crippen molar-refractivity contribution in [2.24, 2.45) is 5.73 Å². The van der Waals surface area contributed by atoms with Crippen molar-refractivity contribution in [1.29, 1.82) is 0 Å². The van der Waals surface area contributed by atoms with Crippen LogP contribution in [0.3, 0.4) is 0 Å². The zero-order chi connectivity index (χ0) is 22.0. The molecule has 1 amide bonds. The van der Waals surface area contributed by atoms with Crippen molar-refractivity contribution in [2.75, 3.05) is 0 Å². The summed E-state index contributed by atoms with van der Waals surface area (Å²) in [6.45, 7) is 4.18. The van der Waals surface area contributed by atoms with E-state index in [0.29, 0.717) is 17.2 Å². The van der Waals surface area contributed by atoms with E-state index in [1.807, 2.05) is 24.3 Å². The molecule has 0 aliphatic heterocycles. The van der Waals surface area contributed by atoms with Gasteiger partial charge in [0.1, 0.15) is 11.3 Å². The van der Waals surface area contributed by atoms with Gasteiger partial charge in [-0.15, -0.1) is 0 Å². The molecule has 0 saturated heterocycles. The Bertz CT molecular complexity index is 1280. The van der Waals surface area contributed by atoms with Gasteiger partial charge in [0.25, 0.3) is 0 Å². The van der Waals surface area contributed by atoms with Gasteiger partial charge in [-0.3, -0.25) is 14.6 Å². The van der Waals surface area contributed by atoms with Crippen LogP contribution in [0, 0.1) is 0 Å². The predicted molar refractivity (Wildman–Crippen MR) is 122 cm³/mol. The maximum absolute atomic E-state index is 12.8. The standard InChI is InChI=1S/C25H22N4O2/c1-15(2)18-7-9-22(27-12-18)24(31)17-5-3-16(4-6-17)20-11-21-19(8-10-23(26)30)13-28-25(21)29-14-20/h3-15H,1-2H3,(H2,26,30)(H,28,29). The van der Waals surface area contributed by atoms with Gasteiger partial charge in [0.2, 0.25) is 11.7 Å². The molecule has 0 unspecified atom stereocenters. The van der Waals surface area contributed by atoms with E-state index in [0.717, 1.165) is 33.3 Å². The summed E-state index contributed by atoms with van der Waals surface area (Å²) in [5.41, 5.74) is 10.7. The smallest absolute Gasteiger partial charge is 0.241 e. The average molecular weight is 410 g/mol. The molecule has 4 rings (SSSR count). The number of hydrogen-bond acceptors (Lipinski definition) is 4. The van der Waals surface area contributed by atoms with Crippen molar-refractivity contribution in [3.63, 3.8) is 0 Å². The molecule has 0 fully saturated rings. The molecule has 0 saturated carbocycles. The Kier molecular flexibility index (Phi) is 5.45. The maximum Gasteiger partial charge on any atom is 0.241 e. The third kappa shape index (κ3) is 4.28. The van der Waals surface area contributed by atoms with E-state index >= 15 is 0 Å². The van der Waals surface area contributed by atoms with Crippen LogP contribution < -0.4 is 5.73 Å². The highest BCUT2D eigenvalue weighted by molar-refractivity contribution is 6.08. The van der Waals surface area contributed by atoms with Crippen LogP contribution in [-0.2, 0) is 4.79 Å². The highest BCUT2D eigenvalue weighted by atomic mass is 16.1. The van der Waals surface area contributed by atoms with Crippen LogP contribution in [0.15, 0.2) is 67.1 Å². The lowest BCUT2D eigenvalue weighted by Gasteiger charge is -2.07. The van der Waals surface area contributed by atoms with E-state index in [-0.39, 0.29) is 5.78 Å². The van der Waals surface area contributed by atoms with E-state index in [1.54, 1.807) is 42.9 Å². The minimum Gasteiger partial charge on any atom is -0.366 e. The quantitative estimate of drug-likeness (QED) is 0.361. The number of primary amides is 1. The van der Waals surface area contributed by atoms with Crippen molar-refractivity contribution >= 4 is 28.8 Å². The van der Waals surface area contributed by atoms with E-state index < -0.39 is 5.91 Å². The summed E-state index contributed by atoms with van der Waals surface area (Å²) >= 11 is 0.